The lowest BCUT2D eigenvalue weighted by Crippen LogP contribution is -2.40. The predicted molar refractivity (Wildman–Crippen MR) is 169 cm³/mol. The van der Waals surface area contributed by atoms with E-state index >= 15 is 0 Å². The Morgan fingerprint density at radius 3 is 1.45 bits per heavy atom. The summed E-state index contributed by atoms with van der Waals surface area (Å²) < 4.78 is 22.8. The van der Waals surface area contributed by atoms with Crippen molar-refractivity contribution in [1.82, 2.24) is 9.80 Å². The number of nitrogens with zero attached hydrogens (tertiary/aromatic N) is 4. The van der Waals surface area contributed by atoms with Crippen LogP contribution in [0, 0.1) is 17.9 Å². The molecule has 10 nitrogen and oxygen atoms in total. The minimum atomic E-state index is -0.622. The van der Waals surface area contributed by atoms with E-state index in [1.165, 1.54) is 0 Å². The first-order valence-electron chi connectivity index (χ1n) is 15.0. The molecule has 2 aromatic rings. The van der Waals surface area contributed by atoms with Crippen molar-refractivity contribution in [2.24, 2.45) is 0 Å². The van der Waals surface area contributed by atoms with E-state index in [9.17, 15) is 9.59 Å². The Hall–Kier alpha value is -4.44. The second-order valence-corrected chi connectivity index (χ2v) is 12.3. The molecule has 2 amide bonds. The second-order valence-electron chi connectivity index (χ2n) is 12.3. The zero-order valence-electron chi connectivity index (χ0n) is 26.9. The lowest BCUT2D eigenvalue weighted by atomic mass is 10.2. The fourth-order valence-electron chi connectivity index (χ4n) is 3.98. The van der Waals surface area contributed by atoms with Gasteiger partial charge in [0.25, 0.3) is 0 Å². The molecule has 0 aromatic heterocycles. The molecule has 2 aromatic carbocycles. The Morgan fingerprint density at radius 1 is 0.705 bits per heavy atom. The van der Waals surface area contributed by atoms with Gasteiger partial charge in [0.1, 0.15) is 22.7 Å². The first-order chi connectivity index (χ1) is 20.8. The maximum Gasteiger partial charge on any atom is 0.410 e. The summed E-state index contributed by atoms with van der Waals surface area (Å²) in [5.74, 6) is 1.34. The monoisotopic (exact) mass is 606 g/mol. The topological polar surface area (TPSA) is 106 Å². The SMILES string of the molecule is [C-]#[N+]c1ccc(OCCCN(CCCCN(CCCOc2ccc(C#N)cc2)C(=O)OC(C)(C)C)C(=O)OC(C)(C)C)cc1. The van der Waals surface area contributed by atoms with Crippen LogP contribution in [0.3, 0.4) is 0 Å². The van der Waals surface area contributed by atoms with Gasteiger partial charge in [0.15, 0.2) is 5.69 Å². The highest BCUT2D eigenvalue weighted by atomic mass is 16.6. The molecule has 0 saturated heterocycles. The van der Waals surface area contributed by atoms with Crippen LogP contribution in [0.1, 0.15) is 72.8 Å². The highest BCUT2D eigenvalue weighted by Crippen LogP contribution is 2.19. The van der Waals surface area contributed by atoms with Gasteiger partial charge in [-0.25, -0.2) is 14.4 Å². The van der Waals surface area contributed by atoms with Crippen molar-refractivity contribution < 1.29 is 28.5 Å². The summed E-state index contributed by atoms with van der Waals surface area (Å²) in [6, 6.07) is 15.9. The van der Waals surface area contributed by atoms with E-state index in [-0.39, 0.29) is 12.2 Å². The van der Waals surface area contributed by atoms with E-state index in [1.54, 1.807) is 58.3 Å². The minimum absolute atomic E-state index is 0.386. The summed E-state index contributed by atoms with van der Waals surface area (Å²) in [6.07, 6.45) is 1.76. The first-order valence-corrected chi connectivity index (χ1v) is 15.0. The van der Waals surface area contributed by atoms with Crippen LogP contribution in [0.25, 0.3) is 4.85 Å². The summed E-state index contributed by atoms with van der Waals surface area (Å²) in [7, 11) is 0. The van der Waals surface area contributed by atoms with Crippen molar-refractivity contribution in [1.29, 1.82) is 5.26 Å². The number of carbonyl (C=O) groups is 2. The largest absolute Gasteiger partial charge is 0.494 e. The van der Waals surface area contributed by atoms with Crippen LogP contribution >= 0.6 is 0 Å². The molecule has 0 saturated carbocycles. The molecule has 0 heterocycles. The highest BCUT2D eigenvalue weighted by molar-refractivity contribution is 5.68. The van der Waals surface area contributed by atoms with Crippen molar-refractivity contribution in [2.75, 3.05) is 39.4 Å². The van der Waals surface area contributed by atoms with Gasteiger partial charge in [-0.1, -0.05) is 12.1 Å². The van der Waals surface area contributed by atoms with Crippen LogP contribution in [-0.2, 0) is 9.47 Å². The number of rotatable bonds is 15. The van der Waals surface area contributed by atoms with Crippen molar-refractivity contribution in [2.45, 2.75) is 78.4 Å². The van der Waals surface area contributed by atoms with E-state index < -0.39 is 11.2 Å². The maximum absolute atomic E-state index is 12.9. The summed E-state index contributed by atoms with van der Waals surface area (Å²) >= 11 is 0. The van der Waals surface area contributed by atoms with Crippen LogP contribution in [0.4, 0.5) is 15.3 Å². The molecule has 0 atom stereocenters. The average Bonchev–Trinajstić information content (AvgIpc) is 2.96. The lowest BCUT2D eigenvalue weighted by Gasteiger charge is -2.29. The molecule has 10 heteroatoms. The average molecular weight is 607 g/mol. The number of hydrogen-bond donors (Lipinski definition) is 0. The minimum Gasteiger partial charge on any atom is -0.494 e. The Labute approximate surface area is 262 Å². The van der Waals surface area contributed by atoms with E-state index in [0.29, 0.717) is 87.8 Å². The van der Waals surface area contributed by atoms with Crippen molar-refractivity contribution in [3.8, 4) is 17.6 Å². The molecular formula is C34H46N4O6. The molecule has 0 bridgehead atoms. The number of hydrogen-bond acceptors (Lipinski definition) is 7. The zero-order valence-corrected chi connectivity index (χ0v) is 26.9. The quantitative estimate of drug-likeness (QED) is 0.152. The summed E-state index contributed by atoms with van der Waals surface area (Å²) in [5.41, 5.74) is -0.127. The fourth-order valence-corrected chi connectivity index (χ4v) is 3.98. The molecule has 44 heavy (non-hydrogen) atoms. The van der Waals surface area contributed by atoms with Gasteiger partial charge in [0.2, 0.25) is 0 Å². The van der Waals surface area contributed by atoms with Crippen LogP contribution < -0.4 is 9.47 Å². The standard InChI is InChI=1S/C34H46N4O6/c1-33(2,3)43-31(39)37(22-10-24-41-29-16-12-27(26-35)13-17-29)20-8-9-21-38(32(40)44-34(4,5)6)23-11-25-42-30-18-14-28(36-7)15-19-30/h12-19H,8-11,20-25H2,1-6H3. The Morgan fingerprint density at radius 2 is 1.09 bits per heavy atom. The normalized spacial score (nSPS) is 11.1. The number of amides is 2. The lowest BCUT2D eigenvalue weighted by molar-refractivity contribution is 0.0201. The second kappa shape index (κ2) is 17.6. The van der Waals surface area contributed by atoms with Crippen molar-refractivity contribution >= 4 is 17.9 Å². The molecule has 0 spiro atoms. The zero-order chi connectivity index (χ0) is 32.6. The van der Waals surface area contributed by atoms with E-state index in [4.69, 9.17) is 30.8 Å². The molecule has 0 fully saturated rings. The van der Waals surface area contributed by atoms with Crippen LogP contribution in [0.2, 0.25) is 0 Å². The van der Waals surface area contributed by atoms with Gasteiger partial charge >= 0.3 is 12.2 Å². The molecule has 238 valence electrons. The third kappa shape index (κ3) is 14.6. The molecule has 2 rings (SSSR count). The number of benzene rings is 2. The van der Waals surface area contributed by atoms with Crippen LogP contribution in [0.15, 0.2) is 48.5 Å². The number of ether oxygens (including phenoxy) is 4. The molecule has 0 N–H and O–H groups in total. The highest BCUT2D eigenvalue weighted by Gasteiger charge is 2.24. The fraction of sp³-hybridized carbons (Fsp3) is 0.529. The Bertz CT molecular complexity index is 1150. The van der Waals surface area contributed by atoms with Gasteiger partial charge in [-0.15, -0.1) is 0 Å². The van der Waals surface area contributed by atoms with E-state index in [1.807, 2.05) is 41.5 Å². The Kier molecular flexibility index (Phi) is 14.3. The third-order valence-electron chi connectivity index (χ3n) is 6.04. The smallest absolute Gasteiger partial charge is 0.410 e. The molecular weight excluding hydrogens is 560 g/mol. The molecule has 0 aliphatic rings. The number of nitriles is 1. The number of unbranched alkanes of at least 4 members (excludes halogenated alkanes) is 1. The van der Waals surface area contributed by atoms with Gasteiger partial charge in [0, 0.05) is 26.2 Å². The van der Waals surface area contributed by atoms with Crippen molar-refractivity contribution in [3.05, 3.63) is 65.5 Å². The Balaban J connectivity index is 1.89. The number of carbonyl (C=O) groups excluding carboxylic acids is 2. The summed E-state index contributed by atoms with van der Waals surface area (Å²) in [4.78, 5) is 32.6. The van der Waals surface area contributed by atoms with Gasteiger partial charge in [-0.05, 0) is 104 Å². The maximum atomic E-state index is 12.9. The van der Waals surface area contributed by atoms with Gasteiger partial charge < -0.3 is 28.7 Å². The van der Waals surface area contributed by atoms with Gasteiger partial charge in [0.05, 0.1) is 31.4 Å². The van der Waals surface area contributed by atoms with Gasteiger partial charge in [-0.3, -0.25) is 0 Å². The first kappa shape index (κ1) is 35.8. The summed E-state index contributed by atoms with van der Waals surface area (Å²) in [6.45, 7) is 20.7. The van der Waals surface area contributed by atoms with Gasteiger partial charge in [-0.2, -0.15) is 5.26 Å². The van der Waals surface area contributed by atoms with E-state index in [0.717, 1.165) is 0 Å². The van der Waals surface area contributed by atoms with Crippen molar-refractivity contribution in [3.63, 3.8) is 0 Å². The third-order valence-corrected chi connectivity index (χ3v) is 6.04. The summed E-state index contributed by atoms with van der Waals surface area (Å²) in [5, 5.41) is 8.95. The predicted octanol–water partition coefficient (Wildman–Crippen LogP) is 7.60. The molecule has 0 radical (unpaired) electrons. The van der Waals surface area contributed by atoms with Crippen LogP contribution in [-0.4, -0.2) is 72.6 Å². The molecule has 0 unspecified atom stereocenters. The molecule has 0 aliphatic carbocycles. The molecule has 0 aliphatic heterocycles. The van der Waals surface area contributed by atoms with Crippen LogP contribution in [0.5, 0.6) is 11.5 Å². The van der Waals surface area contributed by atoms with E-state index in [2.05, 4.69) is 10.9 Å².